The smallest absolute Gasteiger partial charge is 0.237 e. The first-order valence-corrected chi connectivity index (χ1v) is 11.6. The number of hydrogen-bond donors (Lipinski definition) is 1. The van der Waals surface area contributed by atoms with E-state index in [4.69, 9.17) is 4.98 Å². The molecule has 2 atom stereocenters. The van der Waals surface area contributed by atoms with Crippen LogP contribution in [0.3, 0.4) is 0 Å². The molecule has 2 aromatic rings. The van der Waals surface area contributed by atoms with Crippen LogP contribution in [-0.4, -0.2) is 16.1 Å². The van der Waals surface area contributed by atoms with E-state index in [0.717, 1.165) is 36.2 Å². The number of thioether (sulfide) groups is 1. The maximum absolute atomic E-state index is 12.9. The molecule has 0 radical (unpaired) electrons. The molecular weight excluding hydrogens is 390 g/mol. The van der Waals surface area contributed by atoms with E-state index in [1.165, 1.54) is 17.3 Å². The lowest BCUT2D eigenvalue weighted by atomic mass is 9.71. The first kappa shape index (κ1) is 22.4. The van der Waals surface area contributed by atoms with E-state index in [9.17, 15) is 10.1 Å². The normalized spacial score (nSPS) is 17.0. The second-order valence-electron chi connectivity index (χ2n) is 9.18. The Balaban J connectivity index is 1.81. The third-order valence-corrected chi connectivity index (χ3v) is 7.38. The topological polar surface area (TPSA) is 65.8 Å². The first-order chi connectivity index (χ1) is 14.2. The molecule has 0 bridgehead atoms. The van der Waals surface area contributed by atoms with Crippen LogP contribution in [0, 0.1) is 29.6 Å². The van der Waals surface area contributed by atoms with Crippen molar-refractivity contribution in [3.8, 4) is 6.07 Å². The molecule has 4 nitrogen and oxygen atoms in total. The summed E-state index contributed by atoms with van der Waals surface area (Å²) in [5.74, 6) is 0.549. The van der Waals surface area contributed by atoms with Gasteiger partial charge in [-0.2, -0.15) is 5.26 Å². The molecule has 0 saturated heterocycles. The summed E-state index contributed by atoms with van der Waals surface area (Å²) in [4.78, 5) is 17.8. The quantitative estimate of drug-likeness (QED) is 0.608. The van der Waals surface area contributed by atoms with Crippen molar-refractivity contribution in [3.63, 3.8) is 0 Å². The molecule has 1 heterocycles. The molecule has 0 aliphatic heterocycles. The maximum Gasteiger partial charge on any atom is 0.237 e. The highest BCUT2D eigenvalue weighted by Gasteiger charge is 2.30. The largest absolute Gasteiger partial charge is 0.325 e. The zero-order chi connectivity index (χ0) is 21.9. The molecule has 1 aromatic heterocycles. The van der Waals surface area contributed by atoms with E-state index in [-0.39, 0.29) is 16.6 Å². The Morgan fingerprint density at radius 2 is 2.10 bits per heavy atom. The van der Waals surface area contributed by atoms with Crippen LogP contribution in [0.15, 0.2) is 35.4 Å². The number of nitrogens with one attached hydrogen (secondary N) is 1. The Morgan fingerprint density at radius 1 is 1.37 bits per heavy atom. The van der Waals surface area contributed by atoms with Crippen molar-refractivity contribution in [1.82, 2.24) is 4.98 Å². The van der Waals surface area contributed by atoms with Gasteiger partial charge in [0.25, 0.3) is 0 Å². The molecule has 1 aliphatic rings. The Morgan fingerprint density at radius 3 is 2.73 bits per heavy atom. The van der Waals surface area contributed by atoms with E-state index in [1.807, 2.05) is 44.2 Å². The van der Waals surface area contributed by atoms with Gasteiger partial charge in [-0.3, -0.25) is 4.79 Å². The molecule has 0 saturated carbocycles. The van der Waals surface area contributed by atoms with Crippen LogP contribution in [0.5, 0.6) is 0 Å². The predicted molar refractivity (Wildman–Crippen MR) is 124 cm³/mol. The van der Waals surface area contributed by atoms with Crippen molar-refractivity contribution in [2.75, 3.05) is 5.32 Å². The summed E-state index contributed by atoms with van der Waals surface area (Å²) in [5, 5.41) is 13.2. The standard InChI is InChI=1S/C25H31N3OS/c1-6-22(23(29)27-20-10-8-7-9-16(20)2)30-24-18(15-26)13-17-14-19(25(3,4)5)11-12-21(17)28-24/h7-10,13,19,22H,6,11-12,14H2,1-5H3,(H,27,29). The van der Waals surface area contributed by atoms with E-state index in [0.29, 0.717) is 22.9 Å². The minimum atomic E-state index is -0.298. The molecule has 158 valence electrons. The number of hydrogen-bond acceptors (Lipinski definition) is 4. The number of carbonyl (C=O) groups is 1. The number of aromatic nitrogens is 1. The summed E-state index contributed by atoms with van der Waals surface area (Å²) in [7, 11) is 0. The fourth-order valence-electron chi connectivity index (χ4n) is 3.94. The predicted octanol–water partition coefficient (Wildman–Crippen LogP) is 5.92. The van der Waals surface area contributed by atoms with Gasteiger partial charge in [0, 0.05) is 11.4 Å². The van der Waals surface area contributed by atoms with Gasteiger partial charge in [-0.1, -0.05) is 57.7 Å². The van der Waals surface area contributed by atoms with Gasteiger partial charge >= 0.3 is 0 Å². The minimum absolute atomic E-state index is 0.0481. The first-order valence-electron chi connectivity index (χ1n) is 10.7. The van der Waals surface area contributed by atoms with Crippen molar-refractivity contribution in [3.05, 3.63) is 52.7 Å². The van der Waals surface area contributed by atoms with Gasteiger partial charge in [-0.25, -0.2) is 4.98 Å². The van der Waals surface area contributed by atoms with Crippen LogP contribution >= 0.6 is 11.8 Å². The lowest BCUT2D eigenvalue weighted by Gasteiger charge is -2.34. The number of nitrogens with zero attached hydrogens (tertiary/aromatic N) is 2. The van der Waals surface area contributed by atoms with Gasteiger partial charge < -0.3 is 5.32 Å². The number of nitriles is 1. The SMILES string of the molecule is CCC(Sc1nc2c(cc1C#N)CC(C(C)(C)C)CC2)C(=O)Nc1ccccc1C. The van der Waals surface area contributed by atoms with Gasteiger partial charge in [0.05, 0.1) is 10.8 Å². The number of pyridine rings is 1. The molecule has 5 heteroatoms. The van der Waals surface area contributed by atoms with Crippen molar-refractivity contribution in [1.29, 1.82) is 5.26 Å². The molecule has 1 aromatic carbocycles. The number of para-hydroxylation sites is 1. The fraction of sp³-hybridized carbons (Fsp3) is 0.480. The lowest BCUT2D eigenvalue weighted by molar-refractivity contribution is -0.115. The number of benzene rings is 1. The number of fused-ring (bicyclic) bond motifs is 1. The molecule has 2 unspecified atom stereocenters. The van der Waals surface area contributed by atoms with E-state index < -0.39 is 0 Å². The number of amides is 1. The highest BCUT2D eigenvalue weighted by molar-refractivity contribution is 8.00. The molecule has 1 N–H and O–H groups in total. The number of rotatable bonds is 5. The molecule has 0 spiro atoms. The molecule has 30 heavy (non-hydrogen) atoms. The van der Waals surface area contributed by atoms with Crippen molar-refractivity contribution in [2.24, 2.45) is 11.3 Å². The second-order valence-corrected chi connectivity index (χ2v) is 10.4. The summed E-state index contributed by atoms with van der Waals surface area (Å²) >= 11 is 1.41. The van der Waals surface area contributed by atoms with Crippen LogP contribution in [0.2, 0.25) is 0 Å². The van der Waals surface area contributed by atoms with Crippen LogP contribution in [-0.2, 0) is 17.6 Å². The molecule has 1 amide bonds. The summed E-state index contributed by atoms with van der Waals surface area (Å²) < 4.78 is 0. The number of anilines is 1. The third-order valence-electron chi connectivity index (χ3n) is 6.02. The number of aryl methyl sites for hydroxylation is 2. The van der Waals surface area contributed by atoms with Gasteiger partial charge in [-0.15, -0.1) is 0 Å². The van der Waals surface area contributed by atoms with Crippen LogP contribution in [0.4, 0.5) is 5.69 Å². The minimum Gasteiger partial charge on any atom is -0.325 e. The summed E-state index contributed by atoms with van der Waals surface area (Å²) in [6, 6.07) is 12.1. The van der Waals surface area contributed by atoms with Crippen molar-refractivity contribution >= 4 is 23.4 Å². The monoisotopic (exact) mass is 421 g/mol. The summed E-state index contributed by atoms with van der Waals surface area (Å²) in [6.07, 6.45) is 3.68. The van der Waals surface area contributed by atoms with Gasteiger partial charge in [0.2, 0.25) is 5.91 Å². The number of carbonyl (C=O) groups excluding carboxylic acids is 1. The van der Waals surface area contributed by atoms with E-state index in [1.54, 1.807) is 0 Å². The molecule has 0 fully saturated rings. The van der Waals surface area contributed by atoms with E-state index in [2.05, 4.69) is 32.2 Å². The lowest BCUT2D eigenvalue weighted by Crippen LogP contribution is -2.28. The van der Waals surface area contributed by atoms with Gasteiger partial charge in [0.15, 0.2) is 0 Å². The second kappa shape index (κ2) is 9.22. The van der Waals surface area contributed by atoms with Crippen LogP contribution in [0.1, 0.15) is 62.9 Å². The van der Waals surface area contributed by atoms with Gasteiger partial charge in [-0.05, 0) is 67.2 Å². The summed E-state index contributed by atoms with van der Waals surface area (Å²) in [5.41, 5.74) is 4.97. The molecular formula is C25H31N3OS. The molecule has 1 aliphatic carbocycles. The zero-order valence-corrected chi connectivity index (χ0v) is 19.4. The van der Waals surface area contributed by atoms with Crippen LogP contribution in [0.25, 0.3) is 0 Å². The highest BCUT2D eigenvalue weighted by atomic mass is 32.2. The summed E-state index contributed by atoms with van der Waals surface area (Å²) in [6.45, 7) is 10.8. The average molecular weight is 422 g/mol. The Bertz CT molecular complexity index is 971. The Kier molecular flexibility index (Phi) is 6.88. The van der Waals surface area contributed by atoms with Crippen molar-refractivity contribution < 1.29 is 4.79 Å². The zero-order valence-electron chi connectivity index (χ0n) is 18.6. The fourth-order valence-corrected chi connectivity index (χ4v) is 4.93. The van der Waals surface area contributed by atoms with Gasteiger partial charge in [0.1, 0.15) is 11.1 Å². The maximum atomic E-state index is 12.9. The van der Waals surface area contributed by atoms with Crippen LogP contribution < -0.4 is 5.32 Å². The molecule has 3 rings (SSSR count). The highest BCUT2D eigenvalue weighted by Crippen LogP contribution is 2.38. The Labute approximate surface area is 184 Å². The van der Waals surface area contributed by atoms with Crippen molar-refractivity contribution in [2.45, 2.75) is 70.6 Å². The third kappa shape index (κ3) is 5.05. The average Bonchev–Trinajstić information content (AvgIpc) is 2.71. The Hall–Kier alpha value is -2.32. The van der Waals surface area contributed by atoms with E-state index >= 15 is 0 Å².